The molecule has 0 aliphatic heterocycles. The number of hydrogen-bond donors (Lipinski definition) is 0. The zero-order chi connectivity index (χ0) is 34.2. The van der Waals surface area contributed by atoms with Gasteiger partial charge in [0.2, 0.25) is 0 Å². The number of furan rings is 1. The van der Waals surface area contributed by atoms with Crippen LogP contribution in [0.15, 0.2) is 192 Å². The predicted molar refractivity (Wildman–Crippen MR) is 219 cm³/mol. The van der Waals surface area contributed by atoms with Crippen LogP contribution in [0.1, 0.15) is 22.3 Å². The van der Waals surface area contributed by atoms with E-state index < -0.39 is 5.41 Å². The number of rotatable bonds is 5. The van der Waals surface area contributed by atoms with E-state index in [-0.39, 0.29) is 0 Å². The second kappa shape index (κ2) is 11.3. The largest absolute Gasteiger partial charge is 0.455 e. The first-order valence-electron chi connectivity index (χ1n) is 17.8. The summed E-state index contributed by atoms with van der Waals surface area (Å²) in [5.41, 5.74) is 12.5. The van der Waals surface area contributed by atoms with Crippen LogP contribution in [0.4, 0.5) is 17.1 Å². The summed E-state index contributed by atoms with van der Waals surface area (Å²) in [6.45, 7) is 0. The minimum absolute atomic E-state index is 0.447. The number of fused-ring (bicyclic) bond motifs is 10. The Balaban J connectivity index is 1.18. The third-order valence-corrected chi connectivity index (χ3v) is 12.1. The van der Waals surface area contributed by atoms with E-state index in [9.17, 15) is 0 Å². The topological polar surface area (TPSA) is 16.4 Å². The Bertz CT molecular complexity index is 2910. The highest BCUT2D eigenvalue weighted by atomic mass is 32.1. The number of para-hydroxylation sites is 2. The summed E-state index contributed by atoms with van der Waals surface area (Å²) >= 11 is 1.83. The number of nitrogens with zero attached hydrogens (tertiary/aromatic N) is 1. The Morgan fingerprint density at radius 1 is 0.462 bits per heavy atom. The second-order valence-corrected chi connectivity index (χ2v) is 14.7. The van der Waals surface area contributed by atoms with E-state index in [1.54, 1.807) is 0 Å². The molecule has 244 valence electrons. The maximum atomic E-state index is 6.65. The van der Waals surface area contributed by atoms with Gasteiger partial charge in [-0.25, -0.2) is 0 Å². The molecule has 0 unspecified atom stereocenters. The van der Waals surface area contributed by atoms with Crippen LogP contribution in [-0.4, -0.2) is 0 Å². The highest BCUT2D eigenvalue weighted by molar-refractivity contribution is 7.26. The van der Waals surface area contributed by atoms with Crippen molar-refractivity contribution in [1.29, 1.82) is 0 Å². The van der Waals surface area contributed by atoms with Gasteiger partial charge in [0, 0.05) is 37.6 Å². The van der Waals surface area contributed by atoms with Crippen molar-refractivity contribution in [3.63, 3.8) is 0 Å². The van der Waals surface area contributed by atoms with E-state index in [0.29, 0.717) is 0 Å². The standard InChI is InChI=1S/C49H31NOS/c1-3-15-32(16-4-1)49(41-23-11-7-19-36(41)37-20-8-12-24-42(37)49)33-27-29-35(30-28-33)50(34-17-5-2-6-18-34)43-31-40-38-21-9-13-25-44(38)51-47(40)46-39-22-10-14-26-45(39)52-48(43)46/h1-31H. The number of hydrogen-bond acceptors (Lipinski definition) is 3. The van der Waals surface area contributed by atoms with Crippen LogP contribution in [0.2, 0.25) is 0 Å². The van der Waals surface area contributed by atoms with Crippen LogP contribution in [0.3, 0.4) is 0 Å². The van der Waals surface area contributed by atoms with Gasteiger partial charge in [-0.3, -0.25) is 0 Å². The van der Waals surface area contributed by atoms with E-state index in [0.717, 1.165) is 39.0 Å². The molecule has 2 nitrogen and oxygen atoms in total. The molecule has 11 rings (SSSR count). The predicted octanol–water partition coefficient (Wildman–Crippen LogP) is 13.8. The summed E-state index contributed by atoms with van der Waals surface area (Å²) in [6.07, 6.45) is 0. The maximum Gasteiger partial charge on any atom is 0.144 e. The van der Waals surface area contributed by atoms with Gasteiger partial charge in [-0.2, -0.15) is 0 Å². The van der Waals surface area contributed by atoms with Gasteiger partial charge in [-0.1, -0.05) is 146 Å². The molecule has 52 heavy (non-hydrogen) atoms. The van der Waals surface area contributed by atoms with Gasteiger partial charge >= 0.3 is 0 Å². The summed E-state index contributed by atoms with van der Waals surface area (Å²) < 4.78 is 9.11. The highest BCUT2D eigenvalue weighted by Crippen LogP contribution is 2.56. The molecule has 0 N–H and O–H groups in total. The molecule has 2 heterocycles. The van der Waals surface area contributed by atoms with E-state index in [4.69, 9.17) is 4.42 Å². The zero-order valence-corrected chi connectivity index (χ0v) is 29.0. The lowest BCUT2D eigenvalue weighted by molar-refractivity contribution is 0.673. The minimum atomic E-state index is -0.447. The SMILES string of the molecule is c1ccc(N(c2ccc(C3(c4ccccc4)c4ccccc4-c4ccccc43)cc2)c2cc3c4ccccc4oc3c3c2sc2ccccc23)cc1. The third-order valence-electron chi connectivity index (χ3n) is 10.9. The van der Waals surface area contributed by atoms with Gasteiger partial charge in [-0.15, -0.1) is 11.3 Å². The molecule has 10 aromatic rings. The molecule has 2 aromatic heterocycles. The molecule has 0 fully saturated rings. The number of anilines is 3. The molecule has 0 bridgehead atoms. The van der Waals surface area contributed by atoms with Crippen molar-refractivity contribution >= 4 is 70.5 Å². The first-order chi connectivity index (χ1) is 25.8. The Morgan fingerprint density at radius 2 is 1.02 bits per heavy atom. The van der Waals surface area contributed by atoms with Crippen LogP contribution in [0.25, 0.3) is 53.2 Å². The molecular weight excluding hydrogens is 651 g/mol. The van der Waals surface area contributed by atoms with Crippen molar-refractivity contribution in [1.82, 2.24) is 0 Å². The lowest BCUT2D eigenvalue weighted by atomic mass is 9.68. The first kappa shape index (κ1) is 29.3. The molecule has 0 radical (unpaired) electrons. The average Bonchev–Trinajstić information content (AvgIpc) is 3.88. The first-order valence-corrected chi connectivity index (χ1v) is 18.6. The van der Waals surface area contributed by atoms with Crippen molar-refractivity contribution < 1.29 is 4.42 Å². The van der Waals surface area contributed by atoms with Gasteiger partial charge < -0.3 is 9.32 Å². The van der Waals surface area contributed by atoms with Crippen LogP contribution in [0, 0.1) is 0 Å². The van der Waals surface area contributed by atoms with Gasteiger partial charge in [0.05, 0.1) is 15.8 Å². The molecular formula is C49H31NOS. The molecule has 0 spiro atoms. The molecule has 1 aliphatic carbocycles. The fraction of sp³-hybridized carbons (Fsp3) is 0.0204. The van der Waals surface area contributed by atoms with Crippen molar-refractivity contribution in [2.75, 3.05) is 4.90 Å². The molecule has 0 amide bonds. The Morgan fingerprint density at radius 3 is 1.75 bits per heavy atom. The van der Waals surface area contributed by atoms with Crippen LogP contribution < -0.4 is 4.90 Å². The molecule has 1 aliphatic rings. The van der Waals surface area contributed by atoms with E-state index in [2.05, 4.69) is 193 Å². The Hall–Kier alpha value is -6.42. The summed E-state index contributed by atoms with van der Waals surface area (Å²) in [6, 6.07) is 68.4. The van der Waals surface area contributed by atoms with Crippen LogP contribution in [-0.2, 0) is 5.41 Å². The van der Waals surface area contributed by atoms with Crippen LogP contribution >= 0.6 is 11.3 Å². The summed E-state index contributed by atoms with van der Waals surface area (Å²) in [5, 5.41) is 4.65. The fourth-order valence-electron chi connectivity index (χ4n) is 8.79. The smallest absolute Gasteiger partial charge is 0.144 e. The third kappa shape index (κ3) is 4.06. The highest BCUT2D eigenvalue weighted by Gasteiger charge is 2.45. The lowest BCUT2D eigenvalue weighted by Crippen LogP contribution is -2.28. The number of benzene rings is 8. The zero-order valence-electron chi connectivity index (χ0n) is 28.2. The molecule has 8 aromatic carbocycles. The van der Waals surface area contributed by atoms with Gasteiger partial charge in [-0.05, 0) is 75.8 Å². The van der Waals surface area contributed by atoms with Crippen molar-refractivity contribution in [2.24, 2.45) is 0 Å². The Labute approximate surface area is 305 Å². The van der Waals surface area contributed by atoms with Crippen molar-refractivity contribution in [2.45, 2.75) is 5.41 Å². The monoisotopic (exact) mass is 681 g/mol. The van der Waals surface area contributed by atoms with E-state index in [1.165, 1.54) is 53.6 Å². The quantitative estimate of drug-likeness (QED) is 0.180. The fourth-order valence-corrected chi connectivity index (χ4v) is 10.00. The maximum absolute atomic E-state index is 6.65. The molecule has 0 atom stereocenters. The lowest BCUT2D eigenvalue weighted by Gasteiger charge is -2.34. The molecule has 0 saturated carbocycles. The summed E-state index contributed by atoms with van der Waals surface area (Å²) in [5.74, 6) is 0. The van der Waals surface area contributed by atoms with Crippen molar-refractivity contribution in [3.05, 3.63) is 210 Å². The summed E-state index contributed by atoms with van der Waals surface area (Å²) in [4.78, 5) is 2.43. The minimum Gasteiger partial charge on any atom is -0.455 e. The van der Waals surface area contributed by atoms with Gasteiger partial charge in [0.1, 0.15) is 11.2 Å². The van der Waals surface area contributed by atoms with Crippen molar-refractivity contribution in [3.8, 4) is 11.1 Å². The molecule has 3 heteroatoms. The van der Waals surface area contributed by atoms with Gasteiger partial charge in [0.15, 0.2) is 0 Å². The normalized spacial score (nSPS) is 13.2. The number of thiophene rings is 1. The molecule has 0 saturated heterocycles. The van der Waals surface area contributed by atoms with E-state index in [1.807, 2.05) is 11.3 Å². The Kier molecular flexibility index (Phi) is 6.37. The summed E-state index contributed by atoms with van der Waals surface area (Å²) in [7, 11) is 0. The van der Waals surface area contributed by atoms with E-state index >= 15 is 0 Å². The van der Waals surface area contributed by atoms with Gasteiger partial charge in [0.25, 0.3) is 0 Å². The average molecular weight is 682 g/mol. The van der Waals surface area contributed by atoms with Crippen LogP contribution in [0.5, 0.6) is 0 Å². The second-order valence-electron chi connectivity index (χ2n) is 13.6.